The molecule has 0 radical (unpaired) electrons. The summed E-state index contributed by atoms with van der Waals surface area (Å²) in [4.78, 5) is 27.1. The fourth-order valence-corrected chi connectivity index (χ4v) is 4.95. The van der Waals surface area contributed by atoms with E-state index in [9.17, 15) is 22.8 Å². The van der Waals surface area contributed by atoms with E-state index < -0.39 is 17.6 Å². The number of piperidine rings is 1. The number of hydrogen-bond donors (Lipinski definition) is 2. The van der Waals surface area contributed by atoms with Gasteiger partial charge in [0.2, 0.25) is 5.91 Å². The minimum Gasteiger partial charge on any atom is -0.352 e. The molecule has 2 aromatic carbocycles. The van der Waals surface area contributed by atoms with Gasteiger partial charge in [-0.15, -0.1) is 0 Å². The quantitative estimate of drug-likeness (QED) is 0.645. The lowest BCUT2D eigenvalue weighted by Gasteiger charge is -2.39. The first kappa shape index (κ1) is 23.6. The minimum absolute atomic E-state index is 0.0157. The predicted octanol–water partition coefficient (Wildman–Crippen LogP) is 4.40. The summed E-state index contributed by atoms with van der Waals surface area (Å²) >= 11 is 5.97. The van der Waals surface area contributed by atoms with Crippen LogP contribution in [0.2, 0.25) is 5.02 Å². The topological polar surface area (TPSA) is 61.4 Å². The Kier molecular flexibility index (Phi) is 6.95. The van der Waals surface area contributed by atoms with E-state index in [2.05, 4.69) is 15.5 Å². The smallest absolute Gasteiger partial charge is 0.352 e. The van der Waals surface area contributed by atoms with E-state index in [-0.39, 0.29) is 24.1 Å². The maximum atomic E-state index is 12.8. The maximum absolute atomic E-state index is 12.8. The number of nitrogens with one attached hydrogen (secondary N) is 2. The highest BCUT2D eigenvalue weighted by Gasteiger charge is 2.40. The average Bonchev–Trinajstić information content (AvgIpc) is 3.00. The molecule has 176 valence electrons. The van der Waals surface area contributed by atoms with Crippen molar-refractivity contribution in [2.24, 2.45) is 0 Å². The van der Waals surface area contributed by atoms with Gasteiger partial charge in [-0.25, -0.2) is 0 Å². The molecule has 1 unspecified atom stereocenters. The summed E-state index contributed by atoms with van der Waals surface area (Å²) in [6.45, 7) is 0.565. The Hall–Kier alpha value is -2.58. The van der Waals surface area contributed by atoms with E-state index >= 15 is 0 Å². The fraction of sp³-hybridized carbons (Fsp3) is 0.417. The van der Waals surface area contributed by atoms with Gasteiger partial charge < -0.3 is 10.6 Å². The highest BCUT2D eigenvalue weighted by Crippen LogP contribution is 2.37. The summed E-state index contributed by atoms with van der Waals surface area (Å²) in [5.41, 5.74) is 0.169. The number of fused-ring (bicyclic) bond motifs is 2. The molecule has 0 saturated carbocycles. The van der Waals surface area contributed by atoms with Gasteiger partial charge in [0.25, 0.3) is 5.91 Å². The van der Waals surface area contributed by atoms with Crippen LogP contribution < -0.4 is 10.6 Å². The SMILES string of the molecule is O=C(CNC(=O)c1cccc(C(F)(F)F)c1)NC1C[C@H]2CC[C@@H](C1)N2Cc1ccc(Cl)cc1. The van der Waals surface area contributed by atoms with Crippen molar-refractivity contribution in [3.8, 4) is 0 Å². The van der Waals surface area contributed by atoms with Gasteiger partial charge in [0.05, 0.1) is 12.1 Å². The Morgan fingerprint density at radius 1 is 1.03 bits per heavy atom. The largest absolute Gasteiger partial charge is 0.416 e. The van der Waals surface area contributed by atoms with Crippen LogP contribution in [0.5, 0.6) is 0 Å². The van der Waals surface area contributed by atoms with Gasteiger partial charge in [0.1, 0.15) is 0 Å². The van der Waals surface area contributed by atoms with Crippen LogP contribution in [0.1, 0.15) is 47.2 Å². The lowest BCUT2D eigenvalue weighted by atomic mass is 9.96. The molecular weight excluding hydrogens is 455 g/mol. The first-order valence-electron chi connectivity index (χ1n) is 10.9. The summed E-state index contributed by atoms with van der Waals surface area (Å²) < 4.78 is 38.5. The zero-order valence-electron chi connectivity index (χ0n) is 17.9. The molecule has 2 aliphatic rings. The summed E-state index contributed by atoms with van der Waals surface area (Å²) in [5.74, 6) is -1.06. The first-order valence-corrected chi connectivity index (χ1v) is 11.3. The predicted molar refractivity (Wildman–Crippen MR) is 119 cm³/mol. The number of amides is 2. The molecule has 2 fully saturated rings. The number of hydrogen-bond acceptors (Lipinski definition) is 3. The monoisotopic (exact) mass is 479 g/mol. The van der Waals surface area contributed by atoms with E-state index in [1.807, 2.05) is 24.3 Å². The van der Waals surface area contributed by atoms with E-state index in [1.54, 1.807) is 0 Å². The minimum atomic E-state index is -4.53. The Bertz CT molecular complexity index is 999. The van der Waals surface area contributed by atoms with Crippen molar-refractivity contribution in [2.75, 3.05) is 6.54 Å². The molecule has 4 rings (SSSR count). The molecule has 9 heteroatoms. The van der Waals surface area contributed by atoms with Crippen LogP contribution in [-0.2, 0) is 17.5 Å². The van der Waals surface area contributed by atoms with Gasteiger partial charge >= 0.3 is 6.18 Å². The molecule has 0 aliphatic carbocycles. The number of rotatable bonds is 6. The van der Waals surface area contributed by atoms with Crippen molar-refractivity contribution in [1.29, 1.82) is 0 Å². The molecule has 2 aromatic rings. The third-order valence-corrected chi connectivity index (χ3v) is 6.64. The van der Waals surface area contributed by atoms with Crippen LogP contribution >= 0.6 is 11.6 Å². The Morgan fingerprint density at radius 2 is 1.70 bits per heavy atom. The molecule has 2 aliphatic heterocycles. The Morgan fingerprint density at radius 3 is 2.33 bits per heavy atom. The van der Waals surface area contributed by atoms with E-state index in [1.165, 1.54) is 17.7 Å². The van der Waals surface area contributed by atoms with Crippen molar-refractivity contribution in [3.63, 3.8) is 0 Å². The second-order valence-electron chi connectivity index (χ2n) is 8.68. The Balaban J connectivity index is 1.26. The molecule has 2 amide bonds. The summed E-state index contributed by atoms with van der Waals surface area (Å²) in [6, 6.07) is 12.8. The highest BCUT2D eigenvalue weighted by molar-refractivity contribution is 6.30. The van der Waals surface area contributed by atoms with E-state index in [0.717, 1.165) is 44.4 Å². The summed E-state index contributed by atoms with van der Waals surface area (Å²) in [7, 11) is 0. The molecule has 3 atom stereocenters. The number of nitrogens with zero attached hydrogens (tertiary/aromatic N) is 1. The van der Waals surface area contributed by atoms with Gasteiger partial charge in [-0.1, -0.05) is 29.8 Å². The number of benzene rings is 2. The standard InChI is InChI=1S/C24H25ClF3N3O2/c25-18-6-4-15(5-7-18)14-31-20-8-9-21(31)12-19(11-20)30-22(32)13-29-23(33)16-2-1-3-17(10-16)24(26,27)28/h1-7,10,19-21H,8-9,11-14H2,(H,29,33)(H,30,32)/t19?,20-,21+. The molecule has 5 nitrogen and oxygen atoms in total. The van der Waals surface area contributed by atoms with Crippen LogP contribution in [0.3, 0.4) is 0 Å². The number of carbonyl (C=O) groups excluding carboxylic acids is 2. The third kappa shape index (κ3) is 5.86. The van der Waals surface area contributed by atoms with Gasteiger partial charge in [-0.05, 0) is 61.6 Å². The van der Waals surface area contributed by atoms with Crippen LogP contribution in [0.4, 0.5) is 13.2 Å². The van der Waals surface area contributed by atoms with Crippen LogP contribution in [-0.4, -0.2) is 41.4 Å². The van der Waals surface area contributed by atoms with Crippen molar-refractivity contribution in [2.45, 2.75) is 56.5 Å². The Labute approximate surface area is 195 Å². The van der Waals surface area contributed by atoms with Gasteiger partial charge in [0, 0.05) is 35.3 Å². The van der Waals surface area contributed by atoms with E-state index in [0.29, 0.717) is 17.1 Å². The average molecular weight is 480 g/mol. The molecule has 2 bridgehead atoms. The number of alkyl halides is 3. The van der Waals surface area contributed by atoms with Gasteiger partial charge in [0.15, 0.2) is 0 Å². The third-order valence-electron chi connectivity index (χ3n) is 6.39. The molecule has 2 saturated heterocycles. The second kappa shape index (κ2) is 9.73. The van der Waals surface area contributed by atoms with Crippen molar-refractivity contribution >= 4 is 23.4 Å². The molecule has 33 heavy (non-hydrogen) atoms. The summed E-state index contributed by atoms with van der Waals surface area (Å²) in [5, 5.41) is 6.10. The zero-order chi connectivity index (χ0) is 23.6. The fourth-order valence-electron chi connectivity index (χ4n) is 4.83. The number of halogens is 4. The lowest BCUT2D eigenvalue weighted by molar-refractivity contribution is -0.137. The van der Waals surface area contributed by atoms with E-state index in [4.69, 9.17) is 11.6 Å². The first-order chi connectivity index (χ1) is 15.7. The van der Waals surface area contributed by atoms with Gasteiger partial charge in [-0.2, -0.15) is 13.2 Å². The second-order valence-corrected chi connectivity index (χ2v) is 9.12. The van der Waals surface area contributed by atoms with Gasteiger partial charge in [-0.3, -0.25) is 14.5 Å². The molecule has 0 spiro atoms. The number of carbonyl (C=O) groups is 2. The maximum Gasteiger partial charge on any atom is 0.416 e. The zero-order valence-corrected chi connectivity index (χ0v) is 18.6. The van der Waals surface area contributed by atoms with Crippen LogP contribution in [0.15, 0.2) is 48.5 Å². The summed E-state index contributed by atoms with van der Waals surface area (Å²) in [6.07, 6.45) is -0.710. The molecular formula is C24H25ClF3N3O2. The van der Waals surface area contributed by atoms with Crippen molar-refractivity contribution in [1.82, 2.24) is 15.5 Å². The van der Waals surface area contributed by atoms with Crippen LogP contribution in [0, 0.1) is 0 Å². The van der Waals surface area contributed by atoms with Crippen LogP contribution in [0.25, 0.3) is 0 Å². The van der Waals surface area contributed by atoms with Crippen molar-refractivity contribution < 1.29 is 22.8 Å². The highest BCUT2D eigenvalue weighted by atomic mass is 35.5. The lowest BCUT2D eigenvalue weighted by Crippen LogP contribution is -2.51. The molecule has 0 aromatic heterocycles. The molecule has 2 heterocycles. The van der Waals surface area contributed by atoms with Crippen molar-refractivity contribution in [3.05, 3.63) is 70.2 Å². The molecule has 2 N–H and O–H groups in total. The normalized spacial score (nSPS) is 22.7.